The van der Waals surface area contributed by atoms with Crippen molar-refractivity contribution in [1.29, 1.82) is 0 Å². The van der Waals surface area contributed by atoms with E-state index >= 15 is 0 Å². The molecule has 1 fully saturated rings. The number of aryl methyl sites for hydroxylation is 1. The van der Waals surface area contributed by atoms with E-state index in [0.29, 0.717) is 0 Å². The lowest BCUT2D eigenvalue weighted by molar-refractivity contribution is -0.0504. The van der Waals surface area contributed by atoms with Crippen molar-refractivity contribution >= 4 is 0 Å². The monoisotopic (exact) mass is 193 g/mol. The normalized spacial score (nSPS) is 19.0. The number of hydrogen-bond acceptors (Lipinski definition) is 4. The van der Waals surface area contributed by atoms with Crippen LogP contribution in [0.2, 0.25) is 0 Å². The van der Waals surface area contributed by atoms with Crippen LogP contribution in [0.15, 0.2) is 12.5 Å². The number of rotatable bonds is 3. The van der Waals surface area contributed by atoms with Gasteiger partial charge in [0.2, 0.25) is 0 Å². The van der Waals surface area contributed by atoms with Crippen LogP contribution >= 0.6 is 0 Å². The fourth-order valence-corrected chi connectivity index (χ4v) is 1.69. The van der Waals surface area contributed by atoms with Gasteiger partial charge in [-0.25, -0.2) is 9.97 Å². The Hall–Kier alpha value is -1.00. The van der Waals surface area contributed by atoms with E-state index in [1.807, 2.05) is 13.1 Å². The predicted molar refractivity (Wildman–Crippen MR) is 53.1 cm³/mol. The van der Waals surface area contributed by atoms with Crippen molar-refractivity contribution in [2.45, 2.75) is 18.9 Å². The van der Waals surface area contributed by atoms with Crippen molar-refractivity contribution < 1.29 is 4.74 Å². The Morgan fingerprint density at radius 1 is 1.57 bits per heavy atom. The number of nitrogens with zero attached hydrogens (tertiary/aromatic N) is 2. The van der Waals surface area contributed by atoms with E-state index in [1.165, 1.54) is 5.56 Å². The van der Waals surface area contributed by atoms with Gasteiger partial charge in [-0.1, -0.05) is 0 Å². The Labute approximate surface area is 83.7 Å². The van der Waals surface area contributed by atoms with Crippen LogP contribution in [0, 0.1) is 6.92 Å². The van der Waals surface area contributed by atoms with Gasteiger partial charge in [-0.15, -0.1) is 0 Å². The minimum Gasteiger partial charge on any atom is -0.375 e. The molecule has 1 aliphatic rings. The molecule has 2 rings (SSSR count). The number of hydrogen-bond donors (Lipinski definition) is 1. The Morgan fingerprint density at radius 3 is 2.86 bits per heavy atom. The smallest absolute Gasteiger partial charge is 0.115 e. The van der Waals surface area contributed by atoms with Crippen LogP contribution in [0.1, 0.15) is 11.3 Å². The van der Waals surface area contributed by atoms with Gasteiger partial charge in [-0.2, -0.15) is 0 Å². The van der Waals surface area contributed by atoms with Gasteiger partial charge < -0.3 is 10.1 Å². The lowest BCUT2D eigenvalue weighted by Crippen LogP contribution is -2.62. The minimum atomic E-state index is -0.0323. The summed E-state index contributed by atoms with van der Waals surface area (Å²) in [7, 11) is 1.76. The summed E-state index contributed by atoms with van der Waals surface area (Å²) in [6.07, 6.45) is 4.35. The SMILES string of the molecule is COC1(Cc2cncnc2C)CNC1. The van der Waals surface area contributed by atoms with E-state index < -0.39 is 0 Å². The lowest BCUT2D eigenvalue weighted by atomic mass is 9.89. The molecular formula is C10H15N3O. The van der Waals surface area contributed by atoms with Crippen LogP contribution in [0.4, 0.5) is 0 Å². The molecule has 1 saturated heterocycles. The first-order valence-corrected chi connectivity index (χ1v) is 4.77. The molecule has 0 aliphatic carbocycles. The number of methoxy groups -OCH3 is 1. The molecule has 4 heteroatoms. The van der Waals surface area contributed by atoms with Gasteiger partial charge in [0.1, 0.15) is 6.33 Å². The Kier molecular flexibility index (Phi) is 2.48. The fraction of sp³-hybridized carbons (Fsp3) is 0.600. The average Bonchev–Trinajstić information content (AvgIpc) is 2.14. The highest BCUT2D eigenvalue weighted by molar-refractivity contribution is 5.19. The molecule has 14 heavy (non-hydrogen) atoms. The summed E-state index contributed by atoms with van der Waals surface area (Å²) < 4.78 is 5.51. The maximum absolute atomic E-state index is 5.51. The van der Waals surface area contributed by atoms with Crippen LogP contribution in [0.25, 0.3) is 0 Å². The third-order valence-corrected chi connectivity index (χ3v) is 2.85. The van der Waals surface area contributed by atoms with Gasteiger partial charge in [-0.05, 0) is 12.5 Å². The summed E-state index contributed by atoms with van der Waals surface area (Å²) in [6, 6.07) is 0. The molecule has 0 amide bonds. The van der Waals surface area contributed by atoms with Crippen LogP contribution in [-0.4, -0.2) is 35.8 Å². The zero-order valence-electron chi connectivity index (χ0n) is 8.58. The van der Waals surface area contributed by atoms with Gasteiger partial charge in [0.05, 0.1) is 5.60 Å². The van der Waals surface area contributed by atoms with Crippen molar-refractivity contribution in [3.8, 4) is 0 Å². The van der Waals surface area contributed by atoms with Gasteiger partial charge >= 0.3 is 0 Å². The molecule has 1 N–H and O–H groups in total. The largest absolute Gasteiger partial charge is 0.375 e. The maximum Gasteiger partial charge on any atom is 0.115 e. The molecule has 0 bridgehead atoms. The van der Waals surface area contributed by atoms with Gasteiger partial charge in [0.25, 0.3) is 0 Å². The second-order valence-electron chi connectivity index (χ2n) is 3.80. The average molecular weight is 193 g/mol. The third-order valence-electron chi connectivity index (χ3n) is 2.85. The molecule has 76 valence electrons. The van der Waals surface area contributed by atoms with E-state index in [-0.39, 0.29) is 5.60 Å². The second kappa shape index (κ2) is 3.63. The summed E-state index contributed by atoms with van der Waals surface area (Å²) in [5.74, 6) is 0. The number of nitrogens with one attached hydrogen (secondary N) is 1. The molecule has 0 radical (unpaired) electrons. The third kappa shape index (κ3) is 1.63. The standard InChI is InChI=1S/C10H15N3O/c1-8-9(4-11-7-13-8)3-10(14-2)5-12-6-10/h4,7,12H,3,5-6H2,1-2H3. The van der Waals surface area contributed by atoms with E-state index in [2.05, 4.69) is 15.3 Å². The predicted octanol–water partition coefficient (Wildman–Crippen LogP) is 0.316. The molecule has 4 nitrogen and oxygen atoms in total. The molecule has 2 heterocycles. The van der Waals surface area contributed by atoms with Crippen molar-refractivity contribution in [1.82, 2.24) is 15.3 Å². The Balaban J connectivity index is 2.13. The molecular weight excluding hydrogens is 178 g/mol. The minimum absolute atomic E-state index is 0.0323. The fourth-order valence-electron chi connectivity index (χ4n) is 1.69. The first kappa shape index (κ1) is 9.55. The molecule has 1 aliphatic heterocycles. The van der Waals surface area contributed by atoms with E-state index in [0.717, 1.165) is 25.2 Å². The van der Waals surface area contributed by atoms with Crippen LogP contribution in [-0.2, 0) is 11.2 Å². The highest BCUT2D eigenvalue weighted by atomic mass is 16.5. The quantitative estimate of drug-likeness (QED) is 0.750. The number of ether oxygens (including phenoxy) is 1. The van der Waals surface area contributed by atoms with E-state index in [1.54, 1.807) is 13.4 Å². The molecule has 0 saturated carbocycles. The molecule has 0 unspecified atom stereocenters. The Morgan fingerprint density at radius 2 is 2.36 bits per heavy atom. The molecule has 0 atom stereocenters. The van der Waals surface area contributed by atoms with Gasteiger partial charge in [-0.3, -0.25) is 0 Å². The van der Waals surface area contributed by atoms with Crippen molar-refractivity contribution in [3.05, 3.63) is 23.8 Å². The zero-order valence-corrected chi connectivity index (χ0v) is 8.58. The Bertz CT molecular complexity index is 317. The first-order valence-electron chi connectivity index (χ1n) is 4.77. The maximum atomic E-state index is 5.51. The summed E-state index contributed by atoms with van der Waals surface area (Å²) in [5.41, 5.74) is 2.19. The molecule has 1 aromatic rings. The van der Waals surface area contributed by atoms with Crippen LogP contribution in [0.3, 0.4) is 0 Å². The highest BCUT2D eigenvalue weighted by Gasteiger charge is 2.37. The second-order valence-corrected chi connectivity index (χ2v) is 3.80. The van der Waals surface area contributed by atoms with Gasteiger partial charge in [0.15, 0.2) is 0 Å². The van der Waals surface area contributed by atoms with Crippen molar-refractivity contribution in [2.24, 2.45) is 0 Å². The van der Waals surface area contributed by atoms with Crippen molar-refractivity contribution in [3.63, 3.8) is 0 Å². The highest BCUT2D eigenvalue weighted by Crippen LogP contribution is 2.22. The van der Waals surface area contributed by atoms with E-state index in [4.69, 9.17) is 4.74 Å². The van der Waals surface area contributed by atoms with Gasteiger partial charge in [0, 0.05) is 38.5 Å². The summed E-state index contributed by atoms with van der Waals surface area (Å²) in [6.45, 7) is 3.84. The lowest BCUT2D eigenvalue weighted by Gasteiger charge is -2.41. The van der Waals surface area contributed by atoms with Crippen LogP contribution < -0.4 is 5.32 Å². The summed E-state index contributed by atoms with van der Waals surface area (Å²) >= 11 is 0. The van der Waals surface area contributed by atoms with E-state index in [9.17, 15) is 0 Å². The topological polar surface area (TPSA) is 47.0 Å². The van der Waals surface area contributed by atoms with Crippen molar-refractivity contribution in [2.75, 3.05) is 20.2 Å². The number of aromatic nitrogens is 2. The molecule has 0 aromatic carbocycles. The first-order chi connectivity index (χ1) is 6.76. The summed E-state index contributed by atoms with van der Waals surface area (Å²) in [5, 5.41) is 3.23. The summed E-state index contributed by atoms with van der Waals surface area (Å²) in [4.78, 5) is 8.20. The molecule has 1 aromatic heterocycles. The molecule has 0 spiro atoms. The van der Waals surface area contributed by atoms with Crippen LogP contribution in [0.5, 0.6) is 0 Å². The zero-order chi connectivity index (χ0) is 10.0.